The molecule has 3 aromatic carbocycles. The molecule has 0 fully saturated rings. The first kappa shape index (κ1) is 24.2. The van der Waals surface area contributed by atoms with Gasteiger partial charge in [0.1, 0.15) is 5.69 Å². The van der Waals surface area contributed by atoms with Crippen LogP contribution in [0.3, 0.4) is 0 Å². The van der Waals surface area contributed by atoms with Crippen LogP contribution in [0.5, 0.6) is 0 Å². The number of hydrogen-bond donors (Lipinski definition) is 1. The summed E-state index contributed by atoms with van der Waals surface area (Å²) in [4.78, 5) is 6.86. The van der Waals surface area contributed by atoms with Gasteiger partial charge in [-0.25, -0.2) is 4.98 Å². The van der Waals surface area contributed by atoms with Gasteiger partial charge >= 0.3 is 0 Å². The second-order valence-corrected chi connectivity index (χ2v) is 8.98. The van der Waals surface area contributed by atoms with Crippen molar-refractivity contribution in [1.82, 2.24) is 4.98 Å². The van der Waals surface area contributed by atoms with E-state index in [0.29, 0.717) is 6.54 Å². The molecule has 4 heteroatoms. The van der Waals surface area contributed by atoms with Gasteiger partial charge in [-0.1, -0.05) is 60.7 Å². The average Bonchev–Trinajstić information content (AvgIpc) is 2.95. The number of nitrogens with two attached hydrogens (primary N) is 1. The number of nitrogens with zero attached hydrogens (tertiary/aromatic N) is 3. The molecule has 0 radical (unpaired) electrons. The summed E-state index contributed by atoms with van der Waals surface area (Å²) in [5.74, 6) is 0. The zero-order chi connectivity index (χ0) is 25.5. The van der Waals surface area contributed by atoms with Crippen LogP contribution >= 0.6 is 0 Å². The highest BCUT2D eigenvalue weighted by molar-refractivity contribution is 5.78. The molecule has 2 N–H and O–H groups in total. The first-order chi connectivity index (χ1) is 18.2. The highest BCUT2D eigenvalue weighted by Gasteiger charge is 2.15. The van der Waals surface area contributed by atoms with Crippen LogP contribution in [0.25, 0.3) is 23.5 Å². The fourth-order valence-corrected chi connectivity index (χ4v) is 4.41. The molecule has 182 valence electrons. The number of rotatable bonds is 8. The first-order valence-corrected chi connectivity index (χ1v) is 12.6. The molecule has 5 rings (SSSR count). The van der Waals surface area contributed by atoms with E-state index in [1.807, 2.05) is 24.4 Å². The summed E-state index contributed by atoms with van der Waals surface area (Å²) in [5.41, 5.74) is 14.7. The van der Waals surface area contributed by atoms with Gasteiger partial charge in [0.05, 0.1) is 6.54 Å². The van der Waals surface area contributed by atoms with Crippen molar-refractivity contribution in [3.63, 3.8) is 0 Å². The molecular formula is C33H31N4+. The molecule has 0 bridgehead atoms. The summed E-state index contributed by atoms with van der Waals surface area (Å²) in [5, 5.41) is 0. The Kier molecular flexibility index (Phi) is 7.49. The van der Waals surface area contributed by atoms with E-state index in [2.05, 4.69) is 131 Å². The lowest BCUT2D eigenvalue weighted by molar-refractivity contribution is -0.683. The lowest BCUT2D eigenvalue weighted by Crippen LogP contribution is -2.39. The second kappa shape index (κ2) is 11.5. The van der Waals surface area contributed by atoms with Gasteiger partial charge in [0.25, 0.3) is 0 Å². The molecule has 2 heterocycles. The smallest absolute Gasteiger partial charge is 0.231 e. The summed E-state index contributed by atoms with van der Waals surface area (Å²) in [6.07, 6.45) is 8.24. The van der Waals surface area contributed by atoms with E-state index in [-0.39, 0.29) is 0 Å². The topological polar surface area (TPSA) is 46.0 Å². The van der Waals surface area contributed by atoms with Crippen LogP contribution < -0.4 is 15.2 Å². The van der Waals surface area contributed by atoms with Gasteiger partial charge < -0.3 is 10.6 Å². The Morgan fingerprint density at radius 2 is 1.35 bits per heavy atom. The van der Waals surface area contributed by atoms with E-state index in [4.69, 9.17) is 5.73 Å². The number of aromatic nitrogens is 2. The Bertz CT molecular complexity index is 1440. The molecule has 0 amide bonds. The van der Waals surface area contributed by atoms with Crippen molar-refractivity contribution in [2.45, 2.75) is 13.5 Å². The number of anilines is 3. The van der Waals surface area contributed by atoms with Gasteiger partial charge in [-0.3, -0.25) is 0 Å². The first-order valence-electron chi connectivity index (χ1n) is 12.6. The van der Waals surface area contributed by atoms with Crippen molar-refractivity contribution < 1.29 is 4.57 Å². The van der Waals surface area contributed by atoms with E-state index in [9.17, 15) is 0 Å². The van der Waals surface area contributed by atoms with Crippen molar-refractivity contribution >= 4 is 29.2 Å². The van der Waals surface area contributed by atoms with Gasteiger partial charge in [-0.05, 0) is 72.1 Å². The number of hydrogen-bond acceptors (Lipinski definition) is 3. The number of para-hydroxylation sites is 2. The Morgan fingerprint density at radius 3 is 1.97 bits per heavy atom. The normalized spacial score (nSPS) is 11.1. The minimum absolute atomic E-state index is 0.577. The van der Waals surface area contributed by atoms with Gasteiger partial charge in [-0.15, -0.1) is 0 Å². The molecule has 0 atom stereocenters. The maximum atomic E-state index is 5.86. The lowest BCUT2D eigenvalue weighted by Gasteiger charge is -2.25. The highest BCUT2D eigenvalue weighted by atomic mass is 15.1. The molecule has 0 aliphatic heterocycles. The van der Waals surface area contributed by atoms with Gasteiger partial charge in [0.2, 0.25) is 5.69 Å². The summed E-state index contributed by atoms with van der Waals surface area (Å²) in [7, 11) is 0. The zero-order valence-corrected chi connectivity index (χ0v) is 21.0. The Morgan fingerprint density at radius 1 is 0.730 bits per heavy atom. The summed E-state index contributed by atoms with van der Waals surface area (Å²) < 4.78 is 2.16. The van der Waals surface area contributed by atoms with Crippen LogP contribution in [-0.4, -0.2) is 11.5 Å². The van der Waals surface area contributed by atoms with Crippen LogP contribution in [0.2, 0.25) is 0 Å². The summed E-state index contributed by atoms with van der Waals surface area (Å²) in [6.45, 7) is 3.41. The maximum Gasteiger partial charge on any atom is 0.231 e. The number of aryl methyl sites for hydroxylation is 1. The van der Waals surface area contributed by atoms with E-state index in [0.717, 1.165) is 46.1 Å². The Balaban J connectivity index is 1.42. The lowest BCUT2D eigenvalue weighted by atomic mass is 10.1. The van der Waals surface area contributed by atoms with Crippen LogP contribution in [0, 0.1) is 6.92 Å². The van der Waals surface area contributed by atoms with Crippen molar-refractivity contribution in [1.29, 1.82) is 0 Å². The molecule has 4 nitrogen and oxygen atoms in total. The third-order valence-electron chi connectivity index (χ3n) is 6.26. The molecule has 2 aromatic heterocycles. The van der Waals surface area contributed by atoms with E-state index in [1.165, 1.54) is 5.56 Å². The summed E-state index contributed by atoms with van der Waals surface area (Å²) >= 11 is 0. The minimum Gasteiger partial charge on any atom is -0.325 e. The number of benzene rings is 3. The molecule has 37 heavy (non-hydrogen) atoms. The molecule has 0 spiro atoms. The third kappa shape index (κ3) is 5.83. The monoisotopic (exact) mass is 483 g/mol. The largest absolute Gasteiger partial charge is 0.325 e. The highest BCUT2D eigenvalue weighted by Crippen LogP contribution is 2.34. The molecular weight excluding hydrogens is 452 g/mol. The predicted octanol–water partition coefficient (Wildman–Crippen LogP) is 6.94. The van der Waals surface area contributed by atoms with E-state index < -0.39 is 0 Å². The molecule has 0 aliphatic carbocycles. The van der Waals surface area contributed by atoms with Crippen molar-refractivity contribution in [3.05, 3.63) is 138 Å². The Labute approximate surface area is 219 Å². The van der Waals surface area contributed by atoms with Gasteiger partial charge in [0.15, 0.2) is 12.7 Å². The van der Waals surface area contributed by atoms with Gasteiger partial charge in [0, 0.05) is 35.4 Å². The van der Waals surface area contributed by atoms with Crippen LogP contribution in [-0.2, 0) is 6.54 Å². The molecule has 5 aromatic rings. The molecule has 0 unspecified atom stereocenters. The fourth-order valence-electron chi connectivity index (χ4n) is 4.41. The average molecular weight is 484 g/mol. The molecule has 0 aliphatic rings. The minimum atomic E-state index is 0.577. The van der Waals surface area contributed by atoms with Crippen LogP contribution in [0.4, 0.5) is 17.1 Å². The molecule has 0 saturated carbocycles. The predicted molar refractivity (Wildman–Crippen MR) is 154 cm³/mol. The SMILES string of the molecule is Cc1ccnc(-c2cc(/C=C/c3ccc(N(c4ccccc4)c4ccccc4)cc3)cc[n+]2CCN)c1. The Hall–Kier alpha value is -4.54. The molecule has 0 saturated heterocycles. The number of pyridine rings is 2. The van der Waals surface area contributed by atoms with Crippen molar-refractivity contribution in [3.8, 4) is 11.4 Å². The quantitative estimate of drug-likeness (QED) is 0.243. The fraction of sp³-hybridized carbons (Fsp3) is 0.0909. The zero-order valence-electron chi connectivity index (χ0n) is 21.0. The van der Waals surface area contributed by atoms with Crippen LogP contribution in [0.1, 0.15) is 16.7 Å². The van der Waals surface area contributed by atoms with E-state index in [1.54, 1.807) is 0 Å². The standard InChI is InChI=1S/C33H31N4/c1-26-18-21-35-32(24-26)33-25-28(19-22-36(33)23-20-34)13-12-27-14-16-31(17-15-27)37(29-8-4-2-5-9-29)30-10-6-3-7-11-30/h2-19,21-22,24-25H,20,23,34H2,1H3/q+1. The van der Waals surface area contributed by atoms with Gasteiger partial charge in [-0.2, -0.15) is 4.57 Å². The third-order valence-corrected chi connectivity index (χ3v) is 6.26. The van der Waals surface area contributed by atoms with Crippen molar-refractivity contribution in [2.75, 3.05) is 11.4 Å². The second-order valence-electron chi connectivity index (χ2n) is 8.98. The van der Waals surface area contributed by atoms with Crippen molar-refractivity contribution in [2.24, 2.45) is 5.73 Å². The summed E-state index contributed by atoms with van der Waals surface area (Å²) in [6, 6.07) is 38.0. The van der Waals surface area contributed by atoms with E-state index >= 15 is 0 Å². The maximum absolute atomic E-state index is 5.86. The van der Waals surface area contributed by atoms with Crippen LogP contribution in [0.15, 0.2) is 122 Å².